The SMILES string of the molecule is C[C@H]1CN(NC(=O)c2ccccc2)C(=O)O1. The number of carbonyl (C=O) groups excluding carboxylic acids is 2. The Morgan fingerprint density at radius 1 is 1.44 bits per heavy atom. The molecule has 5 nitrogen and oxygen atoms in total. The standard InChI is InChI=1S/C11H12N2O3/c1-8-7-13(11(15)16-8)12-10(14)9-5-3-2-4-6-9/h2-6,8H,7H2,1H3,(H,12,14)/t8-/m0/s1. The molecule has 5 heteroatoms. The minimum Gasteiger partial charge on any atom is -0.443 e. The predicted molar refractivity (Wildman–Crippen MR) is 56.6 cm³/mol. The lowest BCUT2D eigenvalue weighted by Gasteiger charge is -2.13. The van der Waals surface area contributed by atoms with Gasteiger partial charge < -0.3 is 4.74 Å². The Labute approximate surface area is 93.0 Å². The van der Waals surface area contributed by atoms with Crippen LogP contribution in [-0.2, 0) is 4.74 Å². The summed E-state index contributed by atoms with van der Waals surface area (Å²) in [7, 11) is 0. The summed E-state index contributed by atoms with van der Waals surface area (Å²) in [4.78, 5) is 22.9. The van der Waals surface area contributed by atoms with Crippen LogP contribution in [0.5, 0.6) is 0 Å². The highest BCUT2D eigenvalue weighted by atomic mass is 16.6. The molecule has 1 N–H and O–H groups in total. The van der Waals surface area contributed by atoms with Crippen LogP contribution in [0.25, 0.3) is 0 Å². The third kappa shape index (κ3) is 2.13. The molecule has 0 bridgehead atoms. The summed E-state index contributed by atoms with van der Waals surface area (Å²) in [6, 6.07) is 8.71. The number of amides is 2. The van der Waals surface area contributed by atoms with E-state index in [1.807, 2.05) is 6.07 Å². The molecule has 2 rings (SSSR count). The van der Waals surface area contributed by atoms with Crippen LogP contribution in [0.15, 0.2) is 30.3 Å². The highest BCUT2D eigenvalue weighted by Crippen LogP contribution is 2.08. The van der Waals surface area contributed by atoms with Gasteiger partial charge in [-0.2, -0.15) is 0 Å². The number of carbonyl (C=O) groups is 2. The van der Waals surface area contributed by atoms with Crippen molar-refractivity contribution in [1.82, 2.24) is 10.4 Å². The van der Waals surface area contributed by atoms with Crippen LogP contribution in [0, 0.1) is 0 Å². The molecule has 0 spiro atoms. The van der Waals surface area contributed by atoms with Gasteiger partial charge in [-0.3, -0.25) is 10.2 Å². The van der Waals surface area contributed by atoms with Gasteiger partial charge in [-0.25, -0.2) is 9.80 Å². The number of nitrogens with zero attached hydrogens (tertiary/aromatic N) is 1. The monoisotopic (exact) mass is 220 g/mol. The normalized spacial score (nSPS) is 19.4. The number of hydrogen-bond acceptors (Lipinski definition) is 3. The van der Waals surface area contributed by atoms with Crippen LogP contribution in [-0.4, -0.2) is 29.7 Å². The van der Waals surface area contributed by atoms with Crippen LogP contribution in [0.4, 0.5) is 4.79 Å². The van der Waals surface area contributed by atoms with E-state index in [1.54, 1.807) is 31.2 Å². The molecule has 1 aromatic rings. The first kappa shape index (κ1) is 10.5. The number of rotatable bonds is 2. The Kier molecular flexibility index (Phi) is 2.76. The van der Waals surface area contributed by atoms with E-state index in [2.05, 4.69) is 5.43 Å². The van der Waals surface area contributed by atoms with Gasteiger partial charge in [-0.15, -0.1) is 0 Å². The van der Waals surface area contributed by atoms with E-state index in [0.717, 1.165) is 0 Å². The first-order valence-electron chi connectivity index (χ1n) is 5.01. The fraction of sp³-hybridized carbons (Fsp3) is 0.273. The number of nitrogens with one attached hydrogen (secondary N) is 1. The topological polar surface area (TPSA) is 58.6 Å². The average molecular weight is 220 g/mol. The summed E-state index contributed by atoms with van der Waals surface area (Å²) < 4.78 is 4.88. The Hall–Kier alpha value is -2.04. The number of ether oxygens (including phenoxy) is 1. The molecule has 1 aromatic carbocycles. The van der Waals surface area contributed by atoms with E-state index in [-0.39, 0.29) is 12.0 Å². The maximum absolute atomic E-state index is 11.7. The van der Waals surface area contributed by atoms with Crippen molar-refractivity contribution in [1.29, 1.82) is 0 Å². The Balaban J connectivity index is 2.01. The number of hydrazine groups is 1. The van der Waals surface area contributed by atoms with E-state index >= 15 is 0 Å². The molecule has 16 heavy (non-hydrogen) atoms. The van der Waals surface area contributed by atoms with E-state index in [1.165, 1.54) is 5.01 Å². The quantitative estimate of drug-likeness (QED) is 0.814. The number of benzene rings is 1. The van der Waals surface area contributed by atoms with Crippen molar-refractivity contribution in [3.05, 3.63) is 35.9 Å². The maximum Gasteiger partial charge on any atom is 0.429 e. The fourth-order valence-electron chi connectivity index (χ4n) is 1.47. The van der Waals surface area contributed by atoms with Gasteiger partial charge in [0.1, 0.15) is 6.10 Å². The second-order valence-electron chi connectivity index (χ2n) is 3.61. The van der Waals surface area contributed by atoms with Gasteiger partial charge in [-0.05, 0) is 19.1 Å². The molecule has 1 aliphatic rings. The van der Waals surface area contributed by atoms with Gasteiger partial charge >= 0.3 is 6.09 Å². The molecule has 0 aliphatic carbocycles. The van der Waals surface area contributed by atoms with Crippen molar-refractivity contribution in [3.63, 3.8) is 0 Å². The minimum absolute atomic E-state index is 0.191. The molecule has 1 saturated heterocycles. The molecule has 1 atom stereocenters. The maximum atomic E-state index is 11.7. The summed E-state index contributed by atoms with van der Waals surface area (Å²) in [6.07, 6.45) is -0.708. The van der Waals surface area contributed by atoms with Crippen LogP contribution in [0.2, 0.25) is 0 Å². The van der Waals surface area contributed by atoms with Crippen molar-refractivity contribution in [2.45, 2.75) is 13.0 Å². The molecule has 0 saturated carbocycles. The van der Waals surface area contributed by atoms with Gasteiger partial charge in [0.15, 0.2) is 0 Å². The third-order valence-electron chi connectivity index (χ3n) is 2.23. The minimum atomic E-state index is -0.517. The van der Waals surface area contributed by atoms with Crippen molar-refractivity contribution in [2.75, 3.05) is 6.54 Å². The highest BCUT2D eigenvalue weighted by Gasteiger charge is 2.29. The van der Waals surface area contributed by atoms with Crippen molar-refractivity contribution >= 4 is 12.0 Å². The Morgan fingerprint density at radius 3 is 2.69 bits per heavy atom. The van der Waals surface area contributed by atoms with Crippen LogP contribution in [0.1, 0.15) is 17.3 Å². The zero-order chi connectivity index (χ0) is 11.5. The molecule has 0 radical (unpaired) electrons. The van der Waals surface area contributed by atoms with E-state index in [9.17, 15) is 9.59 Å². The molecule has 0 unspecified atom stereocenters. The summed E-state index contributed by atoms with van der Waals surface area (Å²) >= 11 is 0. The lowest BCUT2D eigenvalue weighted by Crippen LogP contribution is -2.43. The summed E-state index contributed by atoms with van der Waals surface area (Å²) in [5.41, 5.74) is 3.00. The van der Waals surface area contributed by atoms with Crippen molar-refractivity contribution in [3.8, 4) is 0 Å². The van der Waals surface area contributed by atoms with Crippen LogP contribution >= 0.6 is 0 Å². The summed E-state index contributed by atoms with van der Waals surface area (Å²) in [5.74, 6) is -0.313. The second kappa shape index (κ2) is 4.22. The number of cyclic esters (lactones) is 1. The molecule has 1 aliphatic heterocycles. The third-order valence-corrected chi connectivity index (χ3v) is 2.23. The highest BCUT2D eigenvalue weighted by molar-refractivity contribution is 5.94. The predicted octanol–water partition coefficient (Wildman–Crippen LogP) is 1.17. The molecular weight excluding hydrogens is 208 g/mol. The van der Waals surface area contributed by atoms with E-state index in [0.29, 0.717) is 12.1 Å². The molecule has 0 aromatic heterocycles. The zero-order valence-corrected chi connectivity index (χ0v) is 8.84. The van der Waals surface area contributed by atoms with Crippen LogP contribution in [0.3, 0.4) is 0 Å². The molecule has 2 amide bonds. The number of hydrogen-bond donors (Lipinski definition) is 1. The van der Waals surface area contributed by atoms with Gasteiger partial charge in [0.25, 0.3) is 5.91 Å². The van der Waals surface area contributed by atoms with E-state index < -0.39 is 6.09 Å². The summed E-state index contributed by atoms with van der Waals surface area (Å²) in [6.45, 7) is 2.14. The smallest absolute Gasteiger partial charge is 0.429 e. The molecule has 1 fully saturated rings. The lowest BCUT2D eigenvalue weighted by molar-refractivity contribution is 0.0830. The fourth-order valence-corrected chi connectivity index (χ4v) is 1.47. The molecular formula is C11H12N2O3. The van der Waals surface area contributed by atoms with Gasteiger partial charge in [0.2, 0.25) is 0 Å². The average Bonchev–Trinajstić information content (AvgIpc) is 2.59. The summed E-state index contributed by atoms with van der Waals surface area (Å²) in [5, 5.41) is 1.18. The first-order chi connectivity index (χ1) is 7.66. The van der Waals surface area contributed by atoms with Crippen molar-refractivity contribution < 1.29 is 14.3 Å². The van der Waals surface area contributed by atoms with Crippen LogP contribution < -0.4 is 5.43 Å². The Morgan fingerprint density at radius 2 is 2.12 bits per heavy atom. The molecule has 1 heterocycles. The largest absolute Gasteiger partial charge is 0.443 e. The van der Waals surface area contributed by atoms with Gasteiger partial charge in [0, 0.05) is 5.56 Å². The van der Waals surface area contributed by atoms with E-state index in [4.69, 9.17) is 4.74 Å². The Bertz CT molecular complexity index is 405. The second-order valence-corrected chi connectivity index (χ2v) is 3.61. The van der Waals surface area contributed by atoms with Crippen molar-refractivity contribution in [2.24, 2.45) is 0 Å². The first-order valence-corrected chi connectivity index (χ1v) is 5.01. The van der Waals surface area contributed by atoms with Gasteiger partial charge in [0.05, 0.1) is 6.54 Å². The zero-order valence-electron chi connectivity index (χ0n) is 8.84. The van der Waals surface area contributed by atoms with Gasteiger partial charge in [-0.1, -0.05) is 18.2 Å². The lowest BCUT2D eigenvalue weighted by atomic mass is 10.2. The molecule has 84 valence electrons.